The Morgan fingerprint density at radius 3 is 1.39 bits per heavy atom. The van der Waals surface area contributed by atoms with E-state index in [0.717, 1.165) is 16.9 Å². The van der Waals surface area contributed by atoms with Crippen LogP contribution in [0.3, 0.4) is 0 Å². The van der Waals surface area contributed by atoms with E-state index >= 15 is 0 Å². The Morgan fingerprint density at radius 1 is 0.375 bits per heavy atom. The number of pyridine rings is 1. The quantitative estimate of drug-likeness (QED) is 0.156. The number of aromatic nitrogens is 1. The van der Waals surface area contributed by atoms with Gasteiger partial charge in [0, 0.05) is 23.0 Å². The van der Waals surface area contributed by atoms with E-state index in [1.54, 1.807) is 0 Å². The van der Waals surface area contributed by atoms with Gasteiger partial charge in [0.15, 0.2) is 5.66 Å². The molecule has 0 saturated heterocycles. The van der Waals surface area contributed by atoms with Gasteiger partial charge >= 0.3 is 0 Å². The third-order valence-corrected chi connectivity index (χ3v) is 13.2. The maximum absolute atomic E-state index is 5.13. The molecule has 0 radical (unpaired) electrons. The molecule has 4 heterocycles. The predicted molar refractivity (Wildman–Crippen MR) is 226 cm³/mol. The second kappa shape index (κ2) is 10.8. The van der Waals surface area contributed by atoms with Crippen molar-refractivity contribution < 1.29 is 0 Å². The molecule has 0 saturated carbocycles. The molecule has 2 spiro atoms. The summed E-state index contributed by atoms with van der Waals surface area (Å²) in [5.74, 6) is 0. The van der Waals surface area contributed by atoms with Crippen LogP contribution < -0.4 is 19.6 Å². The second-order valence-corrected chi connectivity index (χ2v) is 15.6. The average Bonchev–Trinajstić information content (AvgIpc) is 4.01. The molecule has 8 bridgehead atoms. The molecule has 56 heavy (non-hydrogen) atoms. The summed E-state index contributed by atoms with van der Waals surface area (Å²) in [6.45, 7) is 1.30. The molecule has 5 heteroatoms. The molecule has 0 unspecified atom stereocenters. The van der Waals surface area contributed by atoms with Crippen LogP contribution in [-0.4, -0.2) is 18.3 Å². The molecule has 0 atom stereocenters. The first-order chi connectivity index (χ1) is 27.8. The highest BCUT2D eigenvalue weighted by atomic mass is 15.5. The molecule has 0 fully saturated rings. The summed E-state index contributed by atoms with van der Waals surface area (Å²) in [6, 6.07) is 65.8. The summed E-state index contributed by atoms with van der Waals surface area (Å²) in [6.07, 6.45) is 4.17. The Labute approximate surface area is 326 Å². The lowest BCUT2D eigenvalue weighted by atomic mass is 9.68. The first kappa shape index (κ1) is 30.2. The topological polar surface area (TPSA) is 25.9 Å². The van der Waals surface area contributed by atoms with Crippen molar-refractivity contribution in [2.75, 3.05) is 32.9 Å². The molecule has 7 aromatic carbocycles. The maximum Gasteiger partial charge on any atom is 0.170 e. The molecule has 0 amide bonds. The number of benzene rings is 7. The molecular weight excluding hydrogens is 683 g/mol. The highest BCUT2D eigenvalue weighted by Gasteiger charge is 2.57. The normalized spacial score (nSPS) is 16.6. The molecule has 264 valence electrons. The molecular formula is C51H35N5. The minimum absolute atomic E-state index is 0.585. The fourth-order valence-electron chi connectivity index (χ4n) is 11.1. The van der Waals surface area contributed by atoms with Crippen molar-refractivity contribution in [3.8, 4) is 22.3 Å². The van der Waals surface area contributed by atoms with Crippen molar-refractivity contribution in [3.63, 3.8) is 0 Å². The lowest BCUT2D eigenvalue weighted by molar-refractivity contribution is 0.472. The van der Waals surface area contributed by atoms with Gasteiger partial charge in [0.25, 0.3) is 0 Å². The van der Waals surface area contributed by atoms with Crippen LogP contribution in [0.1, 0.15) is 33.4 Å². The third kappa shape index (κ3) is 3.55. The van der Waals surface area contributed by atoms with Crippen molar-refractivity contribution in [2.24, 2.45) is 0 Å². The standard InChI is InChI=1S/C51H35N5/c1-5-20-42-38(16-1)39-17-2-6-21-43(39)50(42)34-14-13-15-36(28-34)53-32-55(48-26-11-9-24-46(48)53)51(44-22-7-3-18-40(44)41-19-4-8-23-45(41)51)56-33-54(37-29-35(50)30-52-31-37)47-25-10-12-27-49(47)56/h1-31H,32-33H2. The SMILES string of the molecule is c1cc2cc(c1)C1(c3cncc(c3)N3CN(c4ccccc43)C3(c4ccccc4-c4ccccc43)N3CN2c2ccccc23)c2ccccc2-c2ccccc21. The maximum atomic E-state index is 5.13. The molecule has 8 aromatic rings. The van der Waals surface area contributed by atoms with E-state index in [2.05, 4.69) is 208 Å². The Bertz CT molecular complexity index is 2750. The number of para-hydroxylation sites is 4. The van der Waals surface area contributed by atoms with Gasteiger partial charge in [-0.25, -0.2) is 0 Å². The number of nitrogens with zero attached hydrogens (tertiary/aromatic N) is 5. The summed E-state index contributed by atoms with van der Waals surface area (Å²) in [7, 11) is 0. The molecule has 1 aromatic heterocycles. The van der Waals surface area contributed by atoms with Gasteiger partial charge in [-0.1, -0.05) is 133 Å². The fraction of sp³-hybridized carbons (Fsp3) is 0.0784. The zero-order valence-corrected chi connectivity index (χ0v) is 30.5. The Kier molecular flexibility index (Phi) is 5.81. The molecule has 5 nitrogen and oxygen atoms in total. The minimum Gasteiger partial charge on any atom is -0.321 e. The summed E-state index contributed by atoms with van der Waals surface area (Å²) in [5.41, 5.74) is 18.4. The van der Waals surface area contributed by atoms with Gasteiger partial charge in [0.2, 0.25) is 0 Å². The number of fused-ring (bicyclic) bond motifs is 30. The predicted octanol–water partition coefficient (Wildman–Crippen LogP) is 11.2. The first-order valence-electron chi connectivity index (χ1n) is 19.5. The molecule has 13 rings (SSSR count). The van der Waals surface area contributed by atoms with Crippen LogP contribution in [0.2, 0.25) is 0 Å². The van der Waals surface area contributed by atoms with Crippen LogP contribution in [0.5, 0.6) is 0 Å². The highest BCUT2D eigenvalue weighted by molar-refractivity contribution is 5.95. The van der Waals surface area contributed by atoms with E-state index in [9.17, 15) is 0 Å². The molecule has 3 aliphatic heterocycles. The van der Waals surface area contributed by atoms with Gasteiger partial charge < -0.3 is 19.6 Å². The van der Waals surface area contributed by atoms with Gasteiger partial charge in [-0.05, 0) is 87.0 Å². The van der Waals surface area contributed by atoms with Crippen LogP contribution in [-0.2, 0) is 11.1 Å². The van der Waals surface area contributed by atoms with Gasteiger partial charge in [0.1, 0.15) is 0 Å². The van der Waals surface area contributed by atoms with E-state index in [0.29, 0.717) is 13.3 Å². The van der Waals surface area contributed by atoms with Gasteiger partial charge in [-0.3, -0.25) is 4.98 Å². The Hall–Kier alpha value is -7.11. The van der Waals surface area contributed by atoms with Crippen molar-refractivity contribution in [2.45, 2.75) is 11.1 Å². The van der Waals surface area contributed by atoms with E-state index in [4.69, 9.17) is 4.98 Å². The van der Waals surface area contributed by atoms with E-state index in [1.165, 1.54) is 72.8 Å². The van der Waals surface area contributed by atoms with Crippen molar-refractivity contribution in [1.29, 1.82) is 0 Å². The number of anilines is 6. The third-order valence-electron chi connectivity index (χ3n) is 13.2. The van der Waals surface area contributed by atoms with Crippen LogP contribution in [0.25, 0.3) is 22.3 Å². The fourth-order valence-corrected chi connectivity index (χ4v) is 11.1. The van der Waals surface area contributed by atoms with Gasteiger partial charge in [0.05, 0.1) is 53.4 Å². The Morgan fingerprint density at radius 2 is 0.821 bits per heavy atom. The van der Waals surface area contributed by atoms with E-state index < -0.39 is 11.1 Å². The van der Waals surface area contributed by atoms with Gasteiger partial charge in [-0.15, -0.1) is 0 Å². The second-order valence-electron chi connectivity index (χ2n) is 15.6. The monoisotopic (exact) mass is 717 g/mol. The summed E-state index contributed by atoms with van der Waals surface area (Å²) in [5, 5.41) is 0. The van der Waals surface area contributed by atoms with Crippen LogP contribution in [0.15, 0.2) is 188 Å². The van der Waals surface area contributed by atoms with E-state index in [1.807, 2.05) is 0 Å². The lowest BCUT2D eigenvalue weighted by Crippen LogP contribution is -2.59. The number of rotatable bonds is 0. The van der Waals surface area contributed by atoms with Crippen molar-refractivity contribution in [3.05, 3.63) is 222 Å². The van der Waals surface area contributed by atoms with Crippen molar-refractivity contribution >= 4 is 34.1 Å². The largest absolute Gasteiger partial charge is 0.321 e. The van der Waals surface area contributed by atoms with Crippen LogP contribution in [0, 0.1) is 0 Å². The minimum atomic E-state index is -0.666. The number of hydrogen-bond donors (Lipinski definition) is 0. The van der Waals surface area contributed by atoms with E-state index in [-0.39, 0.29) is 0 Å². The van der Waals surface area contributed by atoms with Crippen LogP contribution >= 0.6 is 0 Å². The zero-order chi connectivity index (χ0) is 36.6. The van der Waals surface area contributed by atoms with Crippen molar-refractivity contribution in [1.82, 2.24) is 4.98 Å². The highest BCUT2D eigenvalue weighted by Crippen LogP contribution is 2.62. The molecule has 2 aliphatic carbocycles. The Balaban J connectivity index is 1.17. The first-order valence-corrected chi connectivity index (χ1v) is 19.5. The summed E-state index contributed by atoms with van der Waals surface area (Å²) < 4.78 is 0. The average molecular weight is 718 g/mol. The summed E-state index contributed by atoms with van der Waals surface area (Å²) >= 11 is 0. The van der Waals surface area contributed by atoms with Gasteiger partial charge in [-0.2, -0.15) is 0 Å². The number of hydrogen-bond acceptors (Lipinski definition) is 5. The lowest BCUT2D eigenvalue weighted by Gasteiger charge is -2.49. The smallest absolute Gasteiger partial charge is 0.170 e. The zero-order valence-electron chi connectivity index (χ0n) is 30.5. The summed E-state index contributed by atoms with van der Waals surface area (Å²) in [4.78, 5) is 15.5. The molecule has 5 aliphatic rings. The molecule has 0 N–H and O–H groups in total. The van der Waals surface area contributed by atoms with Crippen LogP contribution in [0.4, 0.5) is 34.1 Å².